The Bertz CT molecular complexity index is 1070. The molecule has 3 aromatic carbocycles. The van der Waals surface area contributed by atoms with E-state index in [-0.39, 0.29) is 16.1 Å². The fourth-order valence-corrected chi connectivity index (χ4v) is 4.24. The lowest BCUT2D eigenvalue weighted by molar-refractivity contribution is 0.559. The molecule has 0 spiro atoms. The average molecular weight is 397 g/mol. The fourth-order valence-electron chi connectivity index (χ4n) is 2.55. The highest BCUT2D eigenvalue weighted by Crippen LogP contribution is 2.29. The Kier molecular flexibility index (Phi) is 5.07. The lowest BCUT2D eigenvalue weighted by atomic mass is 10.0. The van der Waals surface area contributed by atoms with Crippen LogP contribution in [-0.2, 0) is 15.6 Å². The molecule has 3 aromatic rings. The summed E-state index contributed by atoms with van der Waals surface area (Å²) >= 11 is 5.62. The molecule has 0 radical (unpaired) electrons. The number of rotatable bonds is 4. The summed E-state index contributed by atoms with van der Waals surface area (Å²) in [5, 5.41) is -0.351. The zero-order valence-electron chi connectivity index (χ0n) is 13.2. The summed E-state index contributed by atoms with van der Waals surface area (Å²) in [6.45, 7) is 0. The average Bonchev–Trinajstić information content (AvgIpc) is 2.60. The van der Waals surface area contributed by atoms with E-state index in [1.54, 1.807) is 30.3 Å². The van der Waals surface area contributed by atoms with Crippen LogP contribution in [0.5, 0.6) is 0 Å². The lowest BCUT2D eigenvalue weighted by Gasteiger charge is -2.11. The van der Waals surface area contributed by atoms with Crippen molar-refractivity contribution in [3.63, 3.8) is 0 Å². The van der Waals surface area contributed by atoms with E-state index in [0.717, 1.165) is 12.1 Å². The molecule has 2 nitrogen and oxygen atoms in total. The van der Waals surface area contributed by atoms with Gasteiger partial charge in [-0.15, -0.1) is 0 Å². The molecule has 0 aliphatic rings. The van der Waals surface area contributed by atoms with Gasteiger partial charge in [0, 0.05) is 17.2 Å². The standard InChI is InChI=1S/C19H12ClF3O2S/c20-15-7-4-8-18(19(15)23)26(24,25)11-13-9-14(17(22)10-16(13)21)12-5-2-1-3-6-12/h1-10H,11H2. The molecule has 26 heavy (non-hydrogen) atoms. The van der Waals surface area contributed by atoms with Crippen LogP contribution in [0.3, 0.4) is 0 Å². The van der Waals surface area contributed by atoms with Crippen molar-refractivity contribution in [2.45, 2.75) is 10.6 Å². The molecule has 134 valence electrons. The van der Waals surface area contributed by atoms with E-state index >= 15 is 0 Å². The number of benzene rings is 3. The molecule has 0 saturated carbocycles. The van der Waals surface area contributed by atoms with Gasteiger partial charge in [0.25, 0.3) is 0 Å². The van der Waals surface area contributed by atoms with E-state index in [4.69, 9.17) is 11.6 Å². The van der Waals surface area contributed by atoms with Crippen LogP contribution in [0.1, 0.15) is 5.56 Å². The van der Waals surface area contributed by atoms with Crippen LogP contribution < -0.4 is 0 Å². The molecule has 0 fully saturated rings. The van der Waals surface area contributed by atoms with Crippen LogP contribution in [0, 0.1) is 17.5 Å². The molecule has 0 saturated heterocycles. The van der Waals surface area contributed by atoms with E-state index in [2.05, 4.69) is 0 Å². The molecule has 0 aromatic heterocycles. The second kappa shape index (κ2) is 7.13. The van der Waals surface area contributed by atoms with Crippen LogP contribution in [0.2, 0.25) is 5.02 Å². The number of sulfone groups is 1. The SMILES string of the molecule is O=S(=O)(Cc1cc(-c2ccccc2)c(F)cc1F)c1cccc(Cl)c1F. The summed E-state index contributed by atoms with van der Waals surface area (Å²) in [6.07, 6.45) is 0. The Morgan fingerprint density at radius 3 is 2.23 bits per heavy atom. The Morgan fingerprint density at radius 1 is 0.846 bits per heavy atom. The smallest absolute Gasteiger partial charge is 0.185 e. The topological polar surface area (TPSA) is 34.1 Å². The zero-order valence-corrected chi connectivity index (χ0v) is 14.8. The minimum atomic E-state index is -4.22. The van der Waals surface area contributed by atoms with Crippen molar-refractivity contribution in [3.05, 3.63) is 88.7 Å². The van der Waals surface area contributed by atoms with E-state index < -0.39 is 37.9 Å². The molecular formula is C19H12ClF3O2S. The van der Waals surface area contributed by atoms with Gasteiger partial charge in [-0.25, -0.2) is 21.6 Å². The maximum atomic E-state index is 14.1. The van der Waals surface area contributed by atoms with E-state index in [1.807, 2.05) is 0 Å². The lowest BCUT2D eigenvalue weighted by Crippen LogP contribution is -2.09. The highest BCUT2D eigenvalue weighted by molar-refractivity contribution is 7.90. The first-order chi connectivity index (χ1) is 12.3. The Morgan fingerprint density at radius 2 is 1.54 bits per heavy atom. The first kappa shape index (κ1) is 18.5. The van der Waals surface area contributed by atoms with Gasteiger partial charge in [0.1, 0.15) is 16.5 Å². The van der Waals surface area contributed by atoms with Gasteiger partial charge >= 0.3 is 0 Å². The van der Waals surface area contributed by atoms with Crippen molar-refractivity contribution in [3.8, 4) is 11.1 Å². The first-order valence-corrected chi connectivity index (χ1v) is 9.53. The van der Waals surface area contributed by atoms with Crippen molar-refractivity contribution in [1.29, 1.82) is 0 Å². The third-order valence-corrected chi connectivity index (χ3v) is 5.79. The van der Waals surface area contributed by atoms with E-state index in [1.165, 1.54) is 12.1 Å². The number of hydrogen-bond donors (Lipinski definition) is 0. The van der Waals surface area contributed by atoms with Crippen LogP contribution >= 0.6 is 11.6 Å². The molecule has 0 N–H and O–H groups in total. The van der Waals surface area contributed by atoms with Gasteiger partial charge < -0.3 is 0 Å². The van der Waals surface area contributed by atoms with Crippen LogP contribution in [-0.4, -0.2) is 8.42 Å². The summed E-state index contributed by atoms with van der Waals surface area (Å²) in [7, 11) is -4.22. The van der Waals surface area contributed by atoms with Gasteiger partial charge in [0.15, 0.2) is 15.7 Å². The molecule has 0 amide bonds. The van der Waals surface area contributed by atoms with Gasteiger partial charge in [-0.05, 0) is 23.8 Å². The van der Waals surface area contributed by atoms with Gasteiger partial charge in [-0.2, -0.15) is 0 Å². The molecule has 0 atom stereocenters. The number of hydrogen-bond acceptors (Lipinski definition) is 2. The third-order valence-electron chi connectivity index (χ3n) is 3.82. The molecule has 0 aliphatic heterocycles. The molecular weight excluding hydrogens is 385 g/mol. The first-order valence-electron chi connectivity index (χ1n) is 7.50. The van der Waals surface area contributed by atoms with Crippen molar-refractivity contribution in [2.75, 3.05) is 0 Å². The summed E-state index contributed by atoms with van der Waals surface area (Å²) < 4.78 is 67.3. The molecule has 0 aliphatic carbocycles. The van der Waals surface area contributed by atoms with Crippen LogP contribution in [0.4, 0.5) is 13.2 Å². The Hall–Kier alpha value is -2.31. The van der Waals surface area contributed by atoms with Crippen molar-refractivity contribution < 1.29 is 21.6 Å². The third kappa shape index (κ3) is 3.61. The van der Waals surface area contributed by atoms with E-state index in [0.29, 0.717) is 11.6 Å². The largest absolute Gasteiger partial charge is 0.223 e. The van der Waals surface area contributed by atoms with Gasteiger partial charge in [-0.1, -0.05) is 48.0 Å². The Labute approximate surface area is 153 Å². The normalized spacial score (nSPS) is 11.5. The Balaban J connectivity index is 2.06. The van der Waals surface area contributed by atoms with Crippen molar-refractivity contribution in [2.24, 2.45) is 0 Å². The molecule has 7 heteroatoms. The zero-order chi connectivity index (χ0) is 18.9. The van der Waals surface area contributed by atoms with Gasteiger partial charge in [0.05, 0.1) is 10.8 Å². The quantitative estimate of drug-likeness (QED) is 0.591. The minimum Gasteiger partial charge on any atom is -0.223 e. The van der Waals surface area contributed by atoms with Gasteiger partial charge in [0.2, 0.25) is 0 Å². The van der Waals surface area contributed by atoms with Crippen LogP contribution in [0.25, 0.3) is 11.1 Å². The molecule has 0 unspecified atom stereocenters. The second-order valence-corrected chi connectivity index (χ2v) is 7.97. The maximum absolute atomic E-state index is 14.1. The molecule has 0 bridgehead atoms. The van der Waals surface area contributed by atoms with Crippen molar-refractivity contribution >= 4 is 21.4 Å². The monoisotopic (exact) mass is 396 g/mol. The highest BCUT2D eigenvalue weighted by atomic mass is 35.5. The molecule has 3 rings (SSSR count). The summed E-state index contributed by atoms with van der Waals surface area (Å²) in [5.41, 5.74) is 0.269. The fraction of sp³-hybridized carbons (Fsp3) is 0.0526. The predicted octanol–water partition coefficient (Wildman–Crippen LogP) is 5.40. The summed E-state index contributed by atoms with van der Waals surface area (Å²) in [4.78, 5) is -0.630. The highest BCUT2D eigenvalue weighted by Gasteiger charge is 2.24. The van der Waals surface area contributed by atoms with Gasteiger partial charge in [-0.3, -0.25) is 0 Å². The molecule has 0 heterocycles. The second-order valence-electron chi connectivity index (χ2n) is 5.60. The van der Waals surface area contributed by atoms with E-state index in [9.17, 15) is 21.6 Å². The van der Waals surface area contributed by atoms with Crippen molar-refractivity contribution in [1.82, 2.24) is 0 Å². The van der Waals surface area contributed by atoms with Crippen LogP contribution in [0.15, 0.2) is 65.6 Å². The maximum Gasteiger partial charge on any atom is 0.185 e. The predicted molar refractivity (Wildman–Crippen MR) is 94.1 cm³/mol. The summed E-state index contributed by atoms with van der Waals surface area (Å²) in [5.74, 6) is -3.76. The minimum absolute atomic E-state index is 0.0590. The number of halogens is 4. The summed E-state index contributed by atoms with van der Waals surface area (Å²) in [6, 6.07) is 13.6.